The molecule has 0 aromatic heterocycles. The first kappa shape index (κ1) is 46.1. The zero-order chi connectivity index (χ0) is 32.5. The molecule has 0 atom stereocenters. The molecule has 3 N–H and O–H groups in total. The first-order chi connectivity index (χ1) is 19.2. The van der Waals surface area contributed by atoms with Gasteiger partial charge < -0.3 is 20.4 Å². The molecule has 0 fully saturated rings. The molecule has 0 bridgehead atoms. The van der Waals surface area contributed by atoms with Gasteiger partial charge in [-0.15, -0.1) is 12.8 Å². The summed E-state index contributed by atoms with van der Waals surface area (Å²) in [5, 5.41) is 19.2. The van der Waals surface area contributed by atoms with Gasteiger partial charge in [0.15, 0.2) is 0 Å². The van der Waals surface area contributed by atoms with Crippen LogP contribution in [0.25, 0.3) is 11.1 Å². The maximum atomic E-state index is 11.6. The van der Waals surface area contributed by atoms with Crippen LogP contribution >= 0.6 is 0 Å². The van der Waals surface area contributed by atoms with Gasteiger partial charge in [0.25, 0.3) is 0 Å². The number of nitrogens with zero attached hydrogens (tertiary/aromatic N) is 1. The first-order valence-corrected chi connectivity index (χ1v) is 14.1. The molecule has 2 rings (SSSR count). The fraction of sp³-hybridized carbons (Fsp3) is 0.485. The smallest absolute Gasteiger partial charge is 0.323 e. The van der Waals surface area contributed by atoms with Gasteiger partial charge in [-0.2, -0.15) is 0 Å². The molecular weight excluding hydrogens is 504 g/mol. The van der Waals surface area contributed by atoms with Crippen LogP contribution in [-0.4, -0.2) is 52.7 Å². The van der Waals surface area contributed by atoms with Gasteiger partial charge in [0.2, 0.25) is 0 Å². The molecule has 0 aliphatic heterocycles. The average Bonchev–Trinajstić information content (AvgIpc) is 3.00. The molecule has 2 aromatic carbocycles. The fourth-order valence-corrected chi connectivity index (χ4v) is 2.59. The predicted octanol–water partition coefficient (Wildman–Crippen LogP) is 8.23. The standard InChI is InChI=1S/C13H12.C10H18N2O5.4C2H6.C2H2/c1-11-7-9-13(10-8-11)12-5-3-2-4-6-12;1-7(2)6-12(4-3-8(13)14)10(17)11-5-9(15)16;5*1-2/h2-10H,1H3;7H,3-6H2,1-2H3,(H,11,17)(H,13,14)(H,15,16);4*1-2H3;1-2H. The fourth-order valence-electron chi connectivity index (χ4n) is 2.59. The highest BCUT2D eigenvalue weighted by Gasteiger charge is 2.16. The van der Waals surface area contributed by atoms with Gasteiger partial charge >= 0.3 is 18.0 Å². The normalized spacial score (nSPS) is 8.15. The summed E-state index contributed by atoms with van der Waals surface area (Å²) in [4.78, 5) is 33.6. The van der Waals surface area contributed by atoms with Gasteiger partial charge in [-0.3, -0.25) is 9.59 Å². The summed E-state index contributed by atoms with van der Waals surface area (Å²) in [6.45, 7) is 21.9. The third kappa shape index (κ3) is 28.8. The van der Waals surface area contributed by atoms with E-state index in [1.165, 1.54) is 21.6 Å². The number of terminal acetylenes is 1. The lowest BCUT2D eigenvalue weighted by atomic mass is 10.0. The van der Waals surface area contributed by atoms with Crippen molar-refractivity contribution < 1.29 is 24.6 Å². The molecule has 0 radical (unpaired) electrons. The Morgan fingerprint density at radius 3 is 1.55 bits per heavy atom. The zero-order valence-electron chi connectivity index (χ0n) is 26.8. The van der Waals surface area contributed by atoms with E-state index in [1.54, 1.807) is 0 Å². The largest absolute Gasteiger partial charge is 0.481 e. The molecule has 0 saturated carbocycles. The van der Waals surface area contributed by atoms with Crippen molar-refractivity contribution in [3.05, 3.63) is 60.2 Å². The van der Waals surface area contributed by atoms with Crippen molar-refractivity contribution in [1.29, 1.82) is 0 Å². The van der Waals surface area contributed by atoms with Gasteiger partial charge in [0.05, 0.1) is 6.42 Å². The molecule has 7 heteroatoms. The van der Waals surface area contributed by atoms with E-state index in [-0.39, 0.29) is 18.9 Å². The van der Waals surface area contributed by atoms with Crippen LogP contribution in [0, 0.1) is 25.7 Å². The molecule has 0 heterocycles. The monoisotopic (exact) mass is 560 g/mol. The Morgan fingerprint density at radius 1 is 0.750 bits per heavy atom. The molecule has 2 aromatic rings. The molecule has 0 unspecified atom stereocenters. The molecule has 40 heavy (non-hydrogen) atoms. The molecule has 2 amide bonds. The number of hydrogen-bond acceptors (Lipinski definition) is 3. The third-order valence-corrected chi connectivity index (χ3v) is 4.02. The van der Waals surface area contributed by atoms with Gasteiger partial charge in [-0.1, -0.05) is 129 Å². The number of carbonyl (C=O) groups excluding carboxylic acids is 1. The van der Waals surface area contributed by atoms with Crippen LogP contribution in [0.3, 0.4) is 0 Å². The summed E-state index contributed by atoms with van der Waals surface area (Å²) >= 11 is 0. The van der Waals surface area contributed by atoms with Crippen molar-refractivity contribution in [2.75, 3.05) is 19.6 Å². The summed E-state index contributed by atoms with van der Waals surface area (Å²) in [6.07, 6.45) is 7.84. The average molecular weight is 561 g/mol. The van der Waals surface area contributed by atoms with Crippen molar-refractivity contribution in [2.45, 2.75) is 82.6 Å². The van der Waals surface area contributed by atoms with E-state index in [0.717, 1.165) is 0 Å². The predicted molar refractivity (Wildman–Crippen MR) is 172 cm³/mol. The van der Waals surface area contributed by atoms with Crippen LogP contribution in [-0.2, 0) is 9.59 Å². The third-order valence-electron chi connectivity index (χ3n) is 4.02. The second-order valence-electron chi connectivity index (χ2n) is 7.27. The number of carboxylic acids is 2. The molecule has 0 aliphatic rings. The summed E-state index contributed by atoms with van der Waals surface area (Å²) < 4.78 is 0. The highest BCUT2D eigenvalue weighted by atomic mass is 16.4. The number of rotatable bonds is 8. The number of amides is 2. The number of carbonyl (C=O) groups is 3. The number of benzene rings is 2. The van der Waals surface area contributed by atoms with E-state index >= 15 is 0 Å². The van der Waals surface area contributed by atoms with Gasteiger partial charge in [0, 0.05) is 13.1 Å². The number of aryl methyl sites for hydroxylation is 1. The van der Waals surface area contributed by atoms with E-state index in [9.17, 15) is 14.4 Å². The summed E-state index contributed by atoms with van der Waals surface area (Å²) in [7, 11) is 0. The van der Waals surface area contributed by atoms with Crippen molar-refractivity contribution >= 4 is 18.0 Å². The van der Waals surface area contributed by atoms with Crippen LogP contribution in [0.2, 0.25) is 0 Å². The number of urea groups is 1. The van der Waals surface area contributed by atoms with Crippen LogP contribution in [0.15, 0.2) is 54.6 Å². The van der Waals surface area contributed by atoms with E-state index in [2.05, 4.69) is 73.6 Å². The SMILES string of the molecule is C#C.CC.CC.CC.CC.CC(C)CN(CCC(=O)O)C(=O)NCC(=O)O.Cc1ccc(-c2ccccc2)cc1. The number of aliphatic carboxylic acids is 2. The Hall–Kier alpha value is -3.79. The van der Waals surface area contributed by atoms with Gasteiger partial charge in [0.1, 0.15) is 6.54 Å². The van der Waals surface area contributed by atoms with E-state index < -0.39 is 24.5 Å². The van der Waals surface area contributed by atoms with Crippen LogP contribution < -0.4 is 5.32 Å². The summed E-state index contributed by atoms with van der Waals surface area (Å²) in [5.41, 5.74) is 3.87. The Kier molecular flexibility index (Phi) is 40.6. The first-order valence-electron chi connectivity index (χ1n) is 14.1. The lowest BCUT2D eigenvalue weighted by molar-refractivity contribution is -0.138. The Labute approximate surface area is 245 Å². The highest BCUT2D eigenvalue weighted by Crippen LogP contribution is 2.18. The molecule has 0 saturated heterocycles. The highest BCUT2D eigenvalue weighted by molar-refractivity contribution is 5.80. The minimum atomic E-state index is -1.14. The van der Waals surface area contributed by atoms with Crippen LogP contribution in [0.1, 0.15) is 81.2 Å². The Bertz CT molecular complexity index is 848. The minimum absolute atomic E-state index is 0.0684. The minimum Gasteiger partial charge on any atom is -0.481 e. The topological polar surface area (TPSA) is 107 Å². The lowest BCUT2D eigenvalue weighted by Gasteiger charge is -2.23. The number of carboxylic acid groups (broad SMARTS) is 2. The quantitative estimate of drug-likeness (QED) is 0.282. The Morgan fingerprint density at radius 2 is 1.18 bits per heavy atom. The van der Waals surface area contributed by atoms with Crippen LogP contribution in [0.4, 0.5) is 4.79 Å². The maximum absolute atomic E-state index is 11.6. The zero-order valence-corrected chi connectivity index (χ0v) is 26.8. The molecule has 0 aliphatic carbocycles. The van der Waals surface area contributed by atoms with E-state index in [1.807, 2.05) is 75.3 Å². The number of nitrogens with one attached hydrogen (secondary N) is 1. The molecule has 0 spiro atoms. The van der Waals surface area contributed by atoms with E-state index in [0.29, 0.717) is 6.54 Å². The van der Waals surface area contributed by atoms with Crippen LogP contribution in [0.5, 0.6) is 0 Å². The van der Waals surface area contributed by atoms with Gasteiger partial charge in [-0.25, -0.2) is 4.79 Å². The maximum Gasteiger partial charge on any atom is 0.323 e. The van der Waals surface area contributed by atoms with Crippen molar-refractivity contribution in [1.82, 2.24) is 10.2 Å². The van der Waals surface area contributed by atoms with E-state index in [4.69, 9.17) is 10.2 Å². The Balaban J connectivity index is -0.000000157. The molecule has 7 nitrogen and oxygen atoms in total. The van der Waals surface area contributed by atoms with Crippen molar-refractivity contribution in [3.63, 3.8) is 0 Å². The lowest BCUT2D eigenvalue weighted by Crippen LogP contribution is -2.44. The second-order valence-corrected chi connectivity index (χ2v) is 7.27. The van der Waals surface area contributed by atoms with Crippen molar-refractivity contribution in [2.24, 2.45) is 5.92 Å². The second kappa shape index (κ2) is 35.2. The number of hydrogen-bond donors (Lipinski definition) is 3. The summed E-state index contributed by atoms with van der Waals surface area (Å²) in [6, 6.07) is 18.5. The van der Waals surface area contributed by atoms with Crippen molar-refractivity contribution in [3.8, 4) is 24.0 Å². The molecular formula is C33H56N2O5. The molecule has 228 valence electrons. The van der Waals surface area contributed by atoms with Gasteiger partial charge in [-0.05, 0) is 24.0 Å². The summed E-state index contributed by atoms with van der Waals surface area (Å²) in [5.74, 6) is -1.95.